The van der Waals surface area contributed by atoms with Gasteiger partial charge in [-0.3, -0.25) is 0 Å². The fourth-order valence-electron chi connectivity index (χ4n) is 1.18. The summed E-state index contributed by atoms with van der Waals surface area (Å²) in [6, 6.07) is 0. The molecule has 0 saturated heterocycles. The molecule has 4 N–H and O–H groups in total. The van der Waals surface area contributed by atoms with Crippen LogP contribution in [0.3, 0.4) is 0 Å². The van der Waals surface area contributed by atoms with Crippen LogP contribution < -0.4 is 11.1 Å². The maximum absolute atomic E-state index is 10.1. The van der Waals surface area contributed by atoms with E-state index in [4.69, 9.17) is 10.8 Å². The third-order valence-electron chi connectivity index (χ3n) is 1.99. The zero-order valence-electron chi connectivity index (χ0n) is 8.83. The Morgan fingerprint density at radius 3 is 2.57 bits per heavy atom. The first-order valence-electron chi connectivity index (χ1n) is 5.02. The second-order valence-corrected chi connectivity index (χ2v) is 3.38. The number of hydrogen-bond donors (Lipinski definition) is 3. The van der Waals surface area contributed by atoms with Gasteiger partial charge in [-0.25, -0.2) is 4.79 Å². The molecule has 0 spiro atoms. The predicted octanol–water partition coefficient (Wildman–Crippen LogP) is 0.315. The summed E-state index contributed by atoms with van der Waals surface area (Å²) < 4.78 is 0. The summed E-state index contributed by atoms with van der Waals surface area (Å²) in [7, 11) is 2.04. The van der Waals surface area contributed by atoms with Crippen molar-refractivity contribution in [3.05, 3.63) is 0 Å². The van der Waals surface area contributed by atoms with Crippen LogP contribution in [0, 0.1) is 0 Å². The van der Waals surface area contributed by atoms with Crippen molar-refractivity contribution in [2.75, 3.05) is 33.2 Å². The molecule has 0 unspecified atom stereocenters. The first kappa shape index (κ1) is 13.2. The Bertz CT molecular complexity index is 153. The molecule has 0 atom stereocenters. The second-order valence-electron chi connectivity index (χ2n) is 3.38. The zero-order valence-corrected chi connectivity index (χ0v) is 8.83. The maximum Gasteiger partial charge on any atom is 0.404 e. The van der Waals surface area contributed by atoms with Gasteiger partial charge in [0.15, 0.2) is 0 Å². The second kappa shape index (κ2) is 8.77. The van der Waals surface area contributed by atoms with Gasteiger partial charge in [-0.2, -0.15) is 0 Å². The highest BCUT2D eigenvalue weighted by atomic mass is 16.4. The Kier molecular flexibility index (Phi) is 8.27. The number of carbonyl (C=O) groups is 1. The highest BCUT2D eigenvalue weighted by Crippen LogP contribution is 1.92. The summed E-state index contributed by atoms with van der Waals surface area (Å²) in [5.41, 5.74) is 5.38. The molecule has 0 bridgehead atoms. The molecule has 0 fully saturated rings. The predicted molar refractivity (Wildman–Crippen MR) is 56.4 cm³/mol. The molecule has 14 heavy (non-hydrogen) atoms. The molecule has 1 amide bonds. The largest absolute Gasteiger partial charge is 0.465 e. The number of unbranched alkanes of at least 4 members (excludes halogenated alkanes) is 1. The number of rotatable bonds is 8. The topological polar surface area (TPSA) is 78.6 Å². The molecule has 0 aliphatic carbocycles. The molecular formula is C9H21N3O2. The Morgan fingerprint density at radius 1 is 1.36 bits per heavy atom. The monoisotopic (exact) mass is 203 g/mol. The van der Waals surface area contributed by atoms with E-state index in [1.165, 1.54) is 0 Å². The Morgan fingerprint density at radius 2 is 2.00 bits per heavy atom. The molecule has 0 aromatic rings. The normalized spacial score (nSPS) is 10.5. The van der Waals surface area contributed by atoms with Gasteiger partial charge in [0.1, 0.15) is 0 Å². The van der Waals surface area contributed by atoms with Crippen LogP contribution in [0.4, 0.5) is 4.79 Å². The van der Waals surface area contributed by atoms with Gasteiger partial charge in [-0.1, -0.05) is 0 Å². The third kappa shape index (κ3) is 9.28. The molecule has 0 saturated carbocycles. The Labute approximate surface area is 85.3 Å². The van der Waals surface area contributed by atoms with Gasteiger partial charge < -0.3 is 21.1 Å². The molecular weight excluding hydrogens is 182 g/mol. The highest BCUT2D eigenvalue weighted by molar-refractivity contribution is 5.64. The van der Waals surface area contributed by atoms with Crippen molar-refractivity contribution in [3.8, 4) is 0 Å². The molecule has 0 aromatic heterocycles. The first-order valence-corrected chi connectivity index (χ1v) is 5.02. The highest BCUT2D eigenvalue weighted by Gasteiger charge is 1.98. The van der Waals surface area contributed by atoms with Gasteiger partial charge >= 0.3 is 6.09 Å². The Hall–Kier alpha value is -0.810. The van der Waals surface area contributed by atoms with Gasteiger partial charge in [0.2, 0.25) is 0 Å². The third-order valence-corrected chi connectivity index (χ3v) is 1.99. The van der Waals surface area contributed by atoms with E-state index in [-0.39, 0.29) is 0 Å². The van der Waals surface area contributed by atoms with Gasteiger partial charge in [-0.15, -0.1) is 0 Å². The van der Waals surface area contributed by atoms with Crippen LogP contribution >= 0.6 is 0 Å². The lowest BCUT2D eigenvalue weighted by Crippen LogP contribution is -2.27. The van der Waals surface area contributed by atoms with Gasteiger partial charge in [0.25, 0.3) is 0 Å². The van der Waals surface area contributed by atoms with Gasteiger partial charge in [0.05, 0.1) is 0 Å². The smallest absolute Gasteiger partial charge is 0.404 e. The molecule has 0 rings (SSSR count). The fraction of sp³-hybridized carbons (Fsp3) is 0.889. The van der Waals surface area contributed by atoms with Crippen LogP contribution in [-0.4, -0.2) is 49.3 Å². The zero-order chi connectivity index (χ0) is 10.8. The minimum absolute atomic E-state index is 0.524. The summed E-state index contributed by atoms with van der Waals surface area (Å²) in [4.78, 5) is 12.3. The number of carboxylic acid groups (broad SMARTS) is 1. The molecule has 0 aliphatic heterocycles. The van der Waals surface area contributed by atoms with E-state index >= 15 is 0 Å². The number of nitrogens with two attached hydrogens (primary N) is 1. The van der Waals surface area contributed by atoms with Crippen molar-refractivity contribution in [1.29, 1.82) is 0 Å². The SMILES string of the molecule is CN(CCCCN)CCCNC(=O)O. The summed E-state index contributed by atoms with van der Waals surface area (Å²) in [6.07, 6.45) is 2.07. The number of nitrogens with one attached hydrogen (secondary N) is 1. The molecule has 5 heteroatoms. The van der Waals surface area contributed by atoms with Crippen LogP contribution in [0.5, 0.6) is 0 Å². The van der Waals surface area contributed by atoms with Crippen LogP contribution in [0.25, 0.3) is 0 Å². The maximum atomic E-state index is 10.1. The van der Waals surface area contributed by atoms with Crippen molar-refractivity contribution in [3.63, 3.8) is 0 Å². The first-order chi connectivity index (χ1) is 6.66. The Balaban J connectivity index is 3.18. The molecule has 84 valence electrons. The van der Waals surface area contributed by atoms with Gasteiger partial charge in [0, 0.05) is 6.54 Å². The molecule has 0 heterocycles. The van der Waals surface area contributed by atoms with Crippen molar-refractivity contribution in [2.45, 2.75) is 19.3 Å². The van der Waals surface area contributed by atoms with E-state index in [1.54, 1.807) is 0 Å². The van der Waals surface area contributed by atoms with Crippen molar-refractivity contribution in [2.24, 2.45) is 5.73 Å². The van der Waals surface area contributed by atoms with Crippen molar-refractivity contribution < 1.29 is 9.90 Å². The van der Waals surface area contributed by atoms with Crippen molar-refractivity contribution in [1.82, 2.24) is 10.2 Å². The average Bonchev–Trinajstić information content (AvgIpc) is 2.13. The van der Waals surface area contributed by atoms with E-state index < -0.39 is 6.09 Å². The number of amides is 1. The van der Waals surface area contributed by atoms with Crippen LogP contribution in [0.1, 0.15) is 19.3 Å². The summed E-state index contributed by atoms with van der Waals surface area (Å²) in [5.74, 6) is 0. The summed E-state index contributed by atoms with van der Waals surface area (Å²) in [6.45, 7) is 3.22. The van der Waals surface area contributed by atoms with E-state index in [9.17, 15) is 4.79 Å². The molecule has 0 aliphatic rings. The van der Waals surface area contributed by atoms with E-state index in [1.807, 2.05) is 7.05 Å². The van der Waals surface area contributed by atoms with Crippen molar-refractivity contribution >= 4 is 6.09 Å². The quantitative estimate of drug-likeness (QED) is 0.496. The van der Waals surface area contributed by atoms with Gasteiger partial charge in [-0.05, 0) is 45.9 Å². The van der Waals surface area contributed by atoms with Crippen LogP contribution in [-0.2, 0) is 0 Å². The number of nitrogens with zero attached hydrogens (tertiary/aromatic N) is 1. The van der Waals surface area contributed by atoms with E-state index in [2.05, 4.69) is 10.2 Å². The lowest BCUT2D eigenvalue weighted by Gasteiger charge is -2.15. The van der Waals surface area contributed by atoms with Crippen LogP contribution in [0.2, 0.25) is 0 Å². The average molecular weight is 203 g/mol. The molecule has 0 aromatic carbocycles. The minimum Gasteiger partial charge on any atom is -0.465 e. The minimum atomic E-state index is -0.948. The molecule has 0 radical (unpaired) electrons. The van der Waals surface area contributed by atoms with Crippen LogP contribution in [0.15, 0.2) is 0 Å². The van der Waals surface area contributed by atoms with E-state index in [0.717, 1.165) is 38.9 Å². The summed E-state index contributed by atoms with van der Waals surface area (Å²) >= 11 is 0. The molecule has 5 nitrogen and oxygen atoms in total. The number of hydrogen-bond acceptors (Lipinski definition) is 3. The van der Waals surface area contributed by atoms with E-state index in [0.29, 0.717) is 6.54 Å². The summed E-state index contributed by atoms with van der Waals surface area (Å²) in [5, 5.41) is 10.7. The standard InChI is InChI=1S/C9H21N3O2/c1-12(7-3-2-5-10)8-4-6-11-9(13)14/h11H,2-8,10H2,1H3,(H,13,14). The lowest BCUT2D eigenvalue weighted by atomic mass is 10.3. The fourth-order valence-corrected chi connectivity index (χ4v) is 1.18. The lowest BCUT2D eigenvalue weighted by molar-refractivity contribution is 0.193.